The summed E-state index contributed by atoms with van der Waals surface area (Å²) in [5.41, 5.74) is 10.8. The lowest BCUT2D eigenvalue weighted by atomic mass is 9.93. The first kappa shape index (κ1) is 11.2. The zero-order valence-electron chi connectivity index (χ0n) is 8.48. The first-order valence-electron chi connectivity index (χ1n) is 4.83. The lowest BCUT2D eigenvalue weighted by molar-refractivity contribution is 0.0206. The van der Waals surface area contributed by atoms with Crippen LogP contribution in [0.1, 0.15) is 18.9 Å². The van der Waals surface area contributed by atoms with Crippen LogP contribution in [-0.2, 0) is 5.72 Å². The average Bonchev–Trinajstić information content (AvgIpc) is 2.18. The van der Waals surface area contributed by atoms with E-state index in [2.05, 4.69) is 0 Å². The highest BCUT2D eigenvalue weighted by atomic mass is 16.3. The van der Waals surface area contributed by atoms with E-state index in [4.69, 9.17) is 11.5 Å². The third-order valence-electron chi connectivity index (χ3n) is 2.34. The Balaban J connectivity index is 2.75. The van der Waals surface area contributed by atoms with E-state index in [1.54, 1.807) is 0 Å². The molecule has 0 aliphatic carbocycles. The molecule has 0 aromatic heterocycles. The minimum Gasteiger partial charge on any atom is -0.372 e. The highest BCUT2D eigenvalue weighted by molar-refractivity contribution is 5.20. The van der Waals surface area contributed by atoms with Gasteiger partial charge in [-0.2, -0.15) is 0 Å². The number of benzene rings is 1. The van der Waals surface area contributed by atoms with Gasteiger partial charge in [-0.1, -0.05) is 37.3 Å². The highest BCUT2D eigenvalue weighted by Crippen LogP contribution is 2.22. The zero-order valence-corrected chi connectivity index (χ0v) is 8.48. The van der Waals surface area contributed by atoms with E-state index in [0.717, 1.165) is 5.56 Å². The SMILES string of the molecule is C[C@H](CN)C[C@@](N)(O)c1ccccc1. The highest BCUT2D eigenvalue weighted by Gasteiger charge is 2.25. The summed E-state index contributed by atoms with van der Waals surface area (Å²) in [6.45, 7) is 2.51. The van der Waals surface area contributed by atoms with Crippen LogP contribution in [0.15, 0.2) is 30.3 Å². The van der Waals surface area contributed by atoms with Crippen molar-refractivity contribution < 1.29 is 5.11 Å². The van der Waals surface area contributed by atoms with E-state index in [1.165, 1.54) is 0 Å². The minimum atomic E-state index is -1.26. The van der Waals surface area contributed by atoms with Crippen LogP contribution in [0.2, 0.25) is 0 Å². The van der Waals surface area contributed by atoms with Gasteiger partial charge in [0.1, 0.15) is 5.72 Å². The van der Waals surface area contributed by atoms with Crippen LogP contribution in [0.5, 0.6) is 0 Å². The van der Waals surface area contributed by atoms with Crippen molar-refractivity contribution in [1.29, 1.82) is 0 Å². The van der Waals surface area contributed by atoms with E-state index in [9.17, 15) is 5.11 Å². The van der Waals surface area contributed by atoms with Crippen molar-refractivity contribution in [2.24, 2.45) is 17.4 Å². The molecule has 78 valence electrons. The maximum Gasteiger partial charge on any atom is 0.139 e. The van der Waals surface area contributed by atoms with Crippen LogP contribution in [0.4, 0.5) is 0 Å². The first-order chi connectivity index (χ1) is 6.56. The van der Waals surface area contributed by atoms with E-state index < -0.39 is 5.72 Å². The van der Waals surface area contributed by atoms with Crippen molar-refractivity contribution in [1.82, 2.24) is 0 Å². The Bertz CT molecular complexity index is 272. The fraction of sp³-hybridized carbons (Fsp3) is 0.455. The second kappa shape index (κ2) is 4.55. The topological polar surface area (TPSA) is 72.3 Å². The third kappa shape index (κ3) is 2.80. The summed E-state index contributed by atoms with van der Waals surface area (Å²) < 4.78 is 0. The lowest BCUT2D eigenvalue weighted by Gasteiger charge is -2.26. The van der Waals surface area contributed by atoms with Crippen molar-refractivity contribution in [3.63, 3.8) is 0 Å². The molecule has 0 spiro atoms. The van der Waals surface area contributed by atoms with Gasteiger partial charge in [0.25, 0.3) is 0 Å². The van der Waals surface area contributed by atoms with Gasteiger partial charge in [0, 0.05) is 0 Å². The van der Waals surface area contributed by atoms with Crippen molar-refractivity contribution >= 4 is 0 Å². The molecule has 0 aliphatic rings. The molecule has 0 saturated carbocycles. The van der Waals surface area contributed by atoms with Crippen LogP contribution >= 0.6 is 0 Å². The number of aliphatic hydroxyl groups is 1. The van der Waals surface area contributed by atoms with Crippen LogP contribution in [-0.4, -0.2) is 11.7 Å². The molecule has 0 heterocycles. The fourth-order valence-electron chi connectivity index (χ4n) is 1.46. The number of hydrogen-bond acceptors (Lipinski definition) is 3. The van der Waals surface area contributed by atoms with E-state index in [-0.39, 0.29) is 5.92 Å². The number of rotatable bonds is 4. The summed E-state index contributed by atoms with van der Waals surface area (Å²) in [4.78, 5) is 0. The molecule has 0 unspecified atom stereocenters. The van der Waals surface area contributed by atoms with Crippen molar-refractivity contribution in [3.05, 3.63) is 35.9 Å². The van der Waals surface area contributed by atoms with Gasteiger partial charge in [0.15, 0.2) is 0 Å². The maximum absolute atomic E-state index is 10.0. The average molecular weight is 194 g/mol. The molecule has 2 atom stereocenters. The molecule has 0 radical (unpaired) electrons. The Morgan fingerprint density at radius 1 is 1.36 bits per heavy atom. The molecule has 1 aromatic rings. The summed E-state index contributed by atoms with van der Waals surface area (Å²) in [7, 11) is 0. The Morgan fingerprint density at radius 2 is 1.93 bits per heavy atom. The molecule has 14 heavy (non-hydrogen) atoms. The number of nitrogens with two attached hydrogens (primary N) is 2. The van der Waals surface area contributed by atoms with Crippen molar-refractivity contribution in [2.75, 3.05) is 6.54 Å². The summed E-state index contributed by atoms with van der Waals surface area (Å²) in [6, 6.07) is 9.26. The normalized spacial score (nSPS) is 17.4. The second-order valence-corrected chi connectivity index (χ2v) is 3.84. The molecule has 3 nitrogen and oxygen atoms in total. The van der Waals surface area contributed by atoms with E-state index in [0.29, 0.717) is 13.0 Å². The maximum atomic E-state index is 10.0. The van der Waals surface area contributed by atoms with Gasteiger partial charge >= 0.3 is 0 Å². The summed E-state index contributed by atoms with van der Waals surface area (Å²) in [5, 5.41) is 10.0. The van der Waals surface area contributed by atoms with Crippen LogP contribution in [0, 0.1) is 5.92 Å². The quantitative estimate of drug-likeness (QED) is 0.620. The van der Waals surface area contributed by atoms with Gasteiger partial charge in [0.05, 0.1) is 0 Å². The molecule has 0 fully saturated rings. The second-order valence-electron chi connectivity index (χ2n) is 3.84. The molecule has 0 amide bonds. The molecule has 3 heteroatoms. The fourth-order valence-corrected chi connectivity index (χ4v) is 1.46. The van der Waals surface area contributed by atoms with Crippen LogP contribution in [0.25, 0.3) is 0 Å². The summed E-state index contributed by atoms with van der Waals surface area (Å²) in [5.74, 6) is 0.213. The summed E-state index contributed by atoms with van der Waals surface area (Å²) in [6.07, 6.45) is 0.480. The monoisotopic (exact) mass is 194 g/mol. The molecule has 0 bridgehead atoms. The Hall–Kier alpha value is -0.900. The van der Waals surface area contributed by atoms with Gasteiger partial charge in [-0.3, -0.25) is 5.73 Å². The smallest absolute Gasteiger partial charge is 0.139 e. The lowest BCUT2D eigenvalue weighted by Crippen LogP contribution is -2.39. The molecule has 1 aromatic carbocycles. The van der Waals surface area contributed by atoms with Crippen molar-refractivity contribution in [3.8, 4) is 0 Å². The zero-order chi connectivity index (χ0) is 10.6. The van der Waals surface area contributed by atoms with E-state index in [1.807, 2.05) is 37.3 Å². The van der Waals surface area contributed by atoms with Crippen LogP contribution < -0.4 is 11.5 Å². The predicted octanol–water partition coefficient (Wildman–Crippen LogP) is 0.775. The third-order valence-corrected chi connectivity index (χ3v) is 2.34. The van der Waals surface area contributed by atoms with Crippen molar-refractivity contribution in [2.45, 2.75) is 19.1 Å². The minimum absolute atomic E-state index is 0.213. The predicted molar refractivity (Wildman–Crippen MR) is 57.4 cm³/mol. The Labute approximate surface area is 84.7 Å². The molecule has 5 N–H and O–H groups in total. The van der Waals surface area contributed by atoms with Gasteiger partial charge in [-0.25, -0.2) is 0 Å². The molecule has 0 saturated heterocycles. The van der Waals surface area contributed by atoms with Gasteiger partial charge in [-0.05, 0) is 24.4 Å². The molecular weight excluding hydrogens is 176 g/mol. The van der Waals surface area contributed by atoms with Gasteiger partial charge in [-0.15, -0.1) is 0 Å². The standard InChI is InChI=1S/C11H18N2O/c1-9(8-12)7-11(13,14)10-5-3-2-4-6-10/h2-6,9,14H,7-8,12-13H2,1H3/t9-,11+/m0/s1. The van der Waals surface area contributed by atoms with E-state index >= 15 is 0 Å². The Kier molecular flexibility index (Phi) is 3.63. The Morgan fingerprint density at radius 3 is 2.43 bits per heavy atom. The largest absolute Gasteiger partial charge is 0.372 e. The van der Waals surface area contributed by atoms with Gasteiger partial charge < -0.3 is 10.8 Å². The van der Waals surface area contributed by atoms with Crippen LogP contribution in [0.3, 0.4) is 0 Å². The molecule has 0 aliphatic heterocycles. The first-order valence-corrected chi connectivity index (χ1v) is 4.83. The molecular formula is C11H18N2O. The summed E-state index contributed by atoms with van der Waals surface area (Å²) >= 11 is 0. The number of hydrogen-bond donors (Lipinski definition) is 3. The van der Waals surface area contributed by atoms with Gasteiger partial charge in [0.2, 0.25) is 0 Å². The molecule has 1 rings (SSSR count).